The number of nitrogens with one attached hydrogen (secondary N) is 1. The standard InChI is InChI=1S/C27H28F4N8O/c1-4-33-22-11-21-19(13-35-22)24(16-12-36-38(14-16)26(2,3)15-32)37-39(21)17-5-7-18(8-6-17)40-25-23(28)20(9-10-34-25)27(29,30)31/h9-14,17-18H,4-8H2,1-3H3,(H,33,35). The monoisotopic (exact) mass is 556 g/mol. The molecule has 1 aliphatic rings. The molecule has 1 N–H and O–H groups in total. The number of anilines is 1. The maximum atomic E-state index is 14.4. The lowest BCUT2D eigenvalue weighted by Gasteiger charge is -2.29. The van der Waals surface area contributed by atoms with E-state index in [-0.39, 0.29) is 6.04 Å². The molecular weight excluding hydrogens is 528 g/mol. The van der Waals surface area contributed by atoms with Gasteiger partial charge in [-0.15, -0.1) is 0 Å². The third kappa shape index (κ3) is 5.17. The van der Waals surface area contributed by atoms with Crippen LogP contribution >= 0.6 is 0 Å². The van der Waals surface area contributed by atoms with Gasteiger partial charge in [0.25, 0.3) is 5.88 Å². The second-order valence-electron chi connectivity index (χ2n) is 10.3. The fourth-order valence-electron chi connectivity index (χ4n) is 4.89. The van der Waals surface area contributed by atoms with Gasteiger partial charge in [-0.1, -0.05) is 0 Å². The van der Waals surface area contributed by atoms with Crippen molar-refractivity contribution in [3.63, 3.8) is 0 Å². The average Bonchev–Trinajstić information content (AvgIpc) is 3.56. The zero-order chi connectivity index (χ0) is 28.7. The topological polar surface area (TPSA) is 106 Å². The van der Waals surface area contributed by atoms with E-state index in [2.05, 4.69) is 26.5 Å². The van der Waals surface area contributed by atoms with Crippen LogP contribution in [0.25, 0.3) is 22.2 Å². The van der Waals surface area contributed by atoms with Gasteiger partial charge in [-0.2, -0.15) is 28.6 Å². The summed E-state index contributed by atoms with van der Waals surface area (Å²) in [5, 5.41) is 22.9. The lowest BCUT2D eigenvalue weighted by atomic mass is 9.93. The summed E-state index contributed by atoms with van der Waals surface area (Å²) in [5.74, 6) is -1.43. The van der Waals surface area contributed by atoms with Gasteiger partial charge >= 0.3 is 6.18 Å². The van der Waals surface area contributed by atoms with E-state index in [9.17, 15) is 22.8 Å². The number of halogens is 4. The van der Waals surface area contributed by atoms with E-state index in [1.54, 1.807) is 37.1 Å². The maximum absolute atomic E-state index is 14.4. The number of ether oxygens (including phenoxy) is 1. The van der Waals surface area contributed by atoms with Crippen LogP contribution in [0.15, 0.2) is 36.9 Å². The first-order valence-corrected chi connectivity index (χ1v) is 13.0. The Morgan fingerprint density at radius 1 is 1.15 bits per heavy atom. The smallest absolute Gasteiger partial charge is 0.419 e. The number of pyridine rings is 2. The molecule has 0 atom stereocenters. The summed E-state index contributed by atoms with van der Waals surface area (Å²) in [4.78, 5) is 8.22. The van der Waals surface area contributed by atoms with Gasteiger partial charge in [0.1, 0.15) is 23.2 Å². The number of nitriles is 1. The zero-order valence-electron chi connectivity index (χ0n) is 22.2. The Kier molecular flexibility index (Phi) is 7.12. The highest BCUT2D eigenvalue weighted by Crippen LogP contribution is 2.38. The molecule has 0 aromatic carbocycles. The molecule has 4 aromatic rings. The Balaban J connectivity index is 1.41. The van der Waals surface area contributed by atoms with Gasteiger partial charge in [-0.05, 0) is 52.5 Å². The Morgan fingerprint density at radius 2 is 1.90 bits per heavy atom. The minimum absolute atomic E-state index is 0.0297. The van der Waals surface area contributed by atoms with Gasteiger partial charge in [-0.25, -0.2) is 14.4 Å². The molecule has 1 fully saturated rings. The number of alkyl halides is 3. The van der Waals surface area contributed by atoms with E-state index in [0.29, 0.717) is 49.8 Å². The molecule has 4 heterocycles. The van der Waals surface area contributed by atoms with Crippen LogP contribution in [0.4, 0.5) is 23.4 Å². The van der Waals surface area contributed by atoms with Gasteiger partial charge in [-0.3, -0.25) is 9.36 Å². The molecule has 5 rings (SSSR count). The third-order valence-electron chi connectivity index (χ3n) is 7.08. The van der Waals surface area contributed by atoms with Crippen molar-refractivity contribution in [3.8, 4) is 23.2 Å². The van der Waals surface area contributed by atoms with Crippen molar-refractivity contribution in [1.29, 1.82) is 5.26 Å². The van der Waals surface area contributed by atoms with Gasteiger partial charge in [0.15, 0.2) is 5.82 Å². The first-order valence-electron chi connectivity index (χ1n) is 13.0. The lowest BCUT2D eigenvalue weighted by molar-refractivity contribution is -0.140. The van der Waals surface area contributed by atoms with Crippen LogP contribution in [-0.4, -0.2) is 42.2 Å². The number of hydrogen-bond donors (Lipinski definition) is 1. The van der Waals surface area contributed by atoms with Crippen LogP contribution in [0.3, 0.4) is 0 Å². The summed E-state index contributed by atoms with van der Waals surface area (Å²) < 4.78 is 62.8. The van der Waals surface area contributed by atoms with Gasteiger partial charge in [0, 0.05) is 42.2 Å². The normalized spacial score (nSPS) is 18.1. The maximum Gasteiger partial charge on any atom is 0.419 e. The van der Waals surface area contributed by atoms with E-state index in [4.69, 9.17) is 9.84 Å². The van der Waals surface area contributed by atoms with Crippen molar-refractivity contribution in [1.82, 2.24) is 29.5 Å². The van der Waals surface area contributed by atoms with Crippen molar-refractivity contribution in [2.24, 2.45) is 0 Å². The highest BCUT2D eigenvalue weighted by atomic mass is 19.4. The van der Waals surface area contributed by atoms with Crippen molar-refractivity contribution in [2.45, 2.75) is 70.3 Å². The highest BCUT2D eigenvalue weighted by Gasteiger charge is 2.36. The van der Waals surface area contributed by atoms with Crippen LogP contribution in [0.1, 0.15) is 58.1 Å². The molecule has 1 saturated carbocycles. The molecule has 0 amide bonds. The average molecular weight is 557 g/mol. The molecule has 13 heteroatoms. The molecule has 9 nitrogen and oxygen atoms in total. The molecular formula is C27H28F4N8O. The number of nitrogens with zero attached hydrogens (tertiary/aromatic N) is 7. The van der Waals surface area contributed by atoms with Crippen LogP contribution in [0.5, 0.6) is 5.88 Å². The first kappa shape index (κ1) is 27.4. The van der Waals surface area contributed by atoms with E-state index >= 15 is 0 Å². The quantitative estimate of drug-likeness (QED) is 0.274. The predicted octanol–water partition coefficient (Wildman–Crippen LogP) is 6.10. The Bertz CT molecular complexity index is 1560. The fourth-order valence-corrected chi connectivity index (χ4v) is 4.89. The number of rotatable bonds is 7. The number of fused-ring (bicyclic) bond motifs is 1. The molecule has 0 saturated heterocycles. The summed E-state index contributed by atoms with van der Waals surface area (Å²) in [6, 6.07) is 4.73. The zero-order valence-corrected chi connectivity index (χ0v) is 22.2. The van der Waals surface area contributed by atoms with Crippen LogP contribution in [0, 0.1) is 17.1 Å². The summed E-state index contributed by atoms with van der Waals surface area (Å²) in [6.45, 7) is 6.21. The third-order valence-corrected chi connectivity index (χ3v) is 7.08. The van der Waals surface area contributed by atoms with Crippen LogP contribution in [0.2, 0.25) is 0 Å². The second-order valence-corrected chi connectivity index (χ2v) is 10.3. The highest BCUT2D eigenvalue weighted by molar-refractivity contribution is 5.93. The predicted molar refractivity (Wildman–Crippen MR) is 139 cm³/mol. The van der Waals surface area contributed by atoms with Crippen molar-refractivity contribution in [2.75, 3.05) is 11.9 Å². The van der Waals surface area contributed by atoms with E-state index in [1.807, 2.05) is 17.7 Å². The van der Waals surface area contributed by atoms with Crippen LogP contribution < -0.4 is 10.1 Å². The molecule has 1 aliphatic carbocycles. The fraction of sp³-hybridized carbons (Fsp3) is 0.444. The van der Waals surface area contributed by atoms with E-state index in [1.165, 1.54) is 0 Å². The molecule has 0 bridgehead atoms. The number of aromatic nitrogens is 6. The van der Waals surface area contributed by atoms with Crippen molar-refractivity contribution >= 4 is 16.7 Å². The summed E-state index contributed by atoms with van der Waals surface area (Å²) >= 11 is 0. The molecule has 0 aliphatic heterocycles. The van der Waals surface area contributed by atoms with Gasteiger partial charge < -0.3 is 10.1 Å². The summed E-state index contributed by atoms with van der Waals surface area (Å²) in [6.07, 6.45) is 3.00. The first-order chi connectivity index (χ1) is 19.0. The van der Waals surface area contributed by atoms with Crippen molar-refractivity contribution in [3.05, 3.63) is 48.3 Å². The summed E-state index contributed by atoms with van der Waals surface area (Å²) in [5.41, 5.74) is 0.0585. The Labute approximate surface area is 227 Å². The van der Waals surface area contributed by atoms with Gasteiger partial charge in [0.2, 0.25) is 0 Å². The molecule has 0 unspecified atom stereocenters. The lowest BCUT2D eigenvalue weighted by Crippen LogP contribution is -2.27. The minimum Gasteiger partial charge on any atom is -0.472 e. The second kappa shape index (κ2) is 10.4. The molecule has 0 radical (unpaired) electrons. The molecule has 4 aromatic heterocycles. The van der Waals surface area contributed by atoms with Crippen molar-refractivity contribution < 1.29 is 22.3 Å². The largest absolute Gasteiger partial charge is 0.472 e. The summed E-state index contributed by atoms with van der Waals surface area (Å²) in [7, 11) is 0. The molecule has 210 valence electrons. The SMILES string of the molecule is CCNc1cc2c(cn1)c(-c1cnn(C(C)(C)C#N)c1)nn2C1CCC(Oc2nccc(C(F)(F)F)c2F)CC1. The molecule has 0 spiro atoms. The number of hydrogen-bond acceptors (Lipinski definition) is 7. The Morgan fingerprint density at radius 3 is 2.58 bits per heavy atom. The van der Waals surface area contributed by atoms with E-state index < -0.39 is 35.1 Å². The molecule has 40 heavy (non-hydrogen) atoms. The minimum atomic E-state index is -4.83. The van der Waals surface area contributed by atoms with E-state index in [0.717, 1.165) is 22.7 Å². The van der Waals surface area contributed by atoms with Crippen LogP contribution in [-0.2, 0) is 11.7 Å². The van der Waals surface area contributed by atoms with Gasteiger partial charge in [0.05, 0.1) is 29.4 Å². The Hall–Kier alpha value is -4.21.